The first-order valence-electron chi connectivity index (χ1n) is 8.96. The van der Waals surface area contributed by atoms with Crippen molar-refractivity contribution in [2.45, 2.75) is 26.4 Å². The maximum atomic E-state index is 12.8. The number of para-hydroxylation sites is 1. The average Bonchev–Trinajstić information content (AvgIpc) is 3.10. The minimum Gasteiger partial charge on any atom is -0.549 e. The number of carboxylic acids is 1. The standard InChI is InChI=1S/C22H20ClF3O3/c1-20(2)17(12-18(23)22(24,25)26)21(20,19(27)28)13-14-7-6-10-16(11-14)29-15-8-4-3-5-9-15/h3-12,17H,13H2,1-2H3,(H,27,28)/p-1. The van der Waals surface area contributed by atoms with Crippen LogP contribution < -0.4 is 9.84 Å². The molecule has 0 spiro atoms. The lowest BCUT2D eigenvalue weighted by Gasteiger charge is -2.22. The molecule has 1 aliphatic carbocycles. The Labute approximate surface area is 171 Å². The average molecular weight is 424 g/mol. The van der Waals surface area contributed by atoms with Crippen LogP contribution in [0.5, 0.6) is 11.5 Å². The zero-order chi connectivity index (χ0) is 21.4. The number of aliphatic carboxylic acids is 1. The summed E-state index contributed by atoms with van der Waals surface area (Å²) in [5.74, 6) is -1.19. The van der Waals surface area contributed by atoms with Crippen molar-refractivity contribution in [3.8, 4) is 11.5 Å². The maximum Gasteiger partial charge on any atom is 0.426 e. The molecule has 0 amide bonds. The molecule has 0 aliphatic heterocycles. The van der Waals surface area contributed by atoms with Crippen LogP contribution in [0.3, 0.4) is 0 Å². The fourth-order valence-electron chi connectivity index (χ4n) is 3.95. The second-order valence-electron chi connectivity index (χ2n) is 7.71. The summed E-state index contributed by atoms with van der Waals surface area (Å²) >= 11 is 5.37. The molecular weight excluding hydrogens is 405 g/mol. The van der Waals surface area contributed by atoms with Crippen LogP contribution in [-0.2, 0) is 11.2 Å². The lowest BCUT2D eigenvalue weighted by atomic mass is 9.88. The zero-order valence-electron chi connectivity index (χ0n) is 15.8. The Morgan fingerprint density at radius 3 is 2.34 bits per heavy atom. The van der Waals surface area contributed by atoms with E-state index in [4.69, 9.17) is 16.3 Å². The summed E-state index contributed by atoms with van der Waals surface area (Å²) in [6.45, 7) is 3.21. The van der Waals surface area contributed by atoms with Gasteiger partial charge in [0.05, 0.1) is 0 Å². The molecule has 1 aliphatic rings. The number of carbonyl (C=O) groups is 1. The first-order valence-corrected chi connectivity index (χ1v) is 9.34. The van der Waals surface area contributed by atoms with E-state index in [2.05, 4.69) is 0 Å². The summed E-state index contributed by atoms with van der Waals surface area (Å²) < 4.78 is 44.3. The molecule has 3 nitrogen and oxygen atoms in total. The summed E-state index contributed by atoms with van der Waals surface area (Å²) in [5.41, 5.74) is -1.83. The second kappa shape index (κ2) is 7.41. The highest BCUT2D eigenvalue weighted by Gasteiger charge is 2.70. The lowest BCUT2D eigenvalue weighted by molar-refractivity contribution is -0.315. The van der Waals surface area contributed by atoms with E-state index in [1.807, 2.05) is 18.2 Å². The Hall–Kier alpha value is -2.47. The highest BCUT2D eigenvalue weighted by atomic mass is 35.5. The normalized spacial score (nSPS) is 23.5. The maximum absolute atomic E-state index is 12.8. The third-order valence-electron chi connectivity index (χ3n) is 5.68. The minimum absolute atomic E-state index is 0.00246. The Morgan fingerprint density at radius 1 is 1.14 bits per heavy atom. The molecule has 2 unspecified atom stereocenters. The molecule has 2 aromatic carbocycles. The van der Waals surface area contributed by atoms with E-state index < -0.39 is 33.9 Å². The van der Waals surface area contributed by atoms with Gasteiger partial charge in [0.2, 0.25) is 0 Å². The van der Waals surface area contributed by atoms with Crippen molar-refractivity contribution in [3.05, 3.63) is 71.3 Å². The number of halogens is 4. The number of hydrogen-bond acceptors (Lipinski definition) is 3. The van der Waals surface area contributed by atoms with Crippen LogP contribution in [0.2, 0.25) is 0 Å². The van der Waals surface area contributed by atoms with Gasteiger partial charge >= 0.3 is 6.18 Å². The van der Waals surface area contributed by atoms with Gasteiger partial charge in [-0.25, -0.2) is 0 Å². The minimum atomic E-state index is -4.72. The fraction of sp³-hybridized carbons (Fsp3) is 0.318. The molecule has 0 aromatic heterocycles. The first-order chi connectivity index (χ1) is 13.5. The Kier molecular flexibility index (Phi) is 5.43. The van der Waals surface area contributed by atoms with Crippen molar-refractivity contribution in [2.75, 3.05) is 0 Å². The number of allylic oxidation sites excluding steroid dienone is 2. The number of carboxylic acid groups (broad SMARTS) is 1. The molecule has 1 saturated carbocycles. The van der Waals surface area contributed by atoms with Gasteiger partial charge in [-0.2, -0.15) is 13.2 Å². The summed E-state index contributed by atoms with van der Waals surface area (Å²) in [4.78, 5) is 12.0. The van der Waals surface area contributed by atoms with Gasteiger partial charge in [-0.15, -0.1) is 0 Å². The van der Waals surface area contributed by atoms with E-state index in [1.165, 1.54) is 0 Å². The molecule has 0 radical (unpaired) electrons. The van der Waals surface area contributed by atoms with Gasteiger partial charge in [0.25, 0.3) is 0 Å². The third kappa shape index (κ3) is 3.99. The SMILES string of the molecule is CC1(C)C(C=C(Cl)C(F)(F)F)C1(Cc1cccc(Oc2ccccc2)c1)C(=O)[O-]. The molecule has 7 heteroatoms. The van der Waals surface area contributed by atoms with Crippen molar-refractivity contribution in [2.24, 2.45) is 16.7 Å². The van der Waals surface area contributed by atoms with E-state index >= 15 is 0 Å². The van der Waals surface area contributed by atoms with Gasteiger partial charge < -0.3 is 14.6 Å². The summed E-state index contributed by atoms with van der Waals surface area (Å²) in [6.07, 6.45) is -3.93. The Morgan fingerprint density at radius 2 is 1.76 bits per heavy atom. The molecule has 0 saturated heterocycles. The number of hydrogen-bond donors (Lipinski definition) is 0. The fourth-order valence-corrected chi connectivity index (χ4v) is 4.08. The Balaban J connectivity index is 1.88. The molecule has 3 rings (SSSR count). The van der Waals surface area contributed by atoms with Crippen molar-refractivity contribution in [1.82, 2.24) is 0 Å². The molecule has 0 bridgehead atoms. The number of carbonyl (C=O) groups excluding carboxylic acids is 1. The summed E-state index contributed by atoms with van der Waals surface area (Å²) in [5, 5.41) is 10.7. The quantitative estimate of drug-likeness (QED) is 0.649. The van der Waals surface area contributed by atoms with Crippen molar-refractivity contribution in [1.29, 1.82) is 0 Å². The van der Waals surface area contributed by atoms with Gasteiger partial charge in [0, 0.05) is 11.4 Å². The predicted molar refractivity (Wildman–Crippen MR) is 101 cm³/mol. The van der Waals surface area contributed by atoms with E-state index in [9.17, 15) is 23.1 Å². The second-order valence-corrected chi connectivity index (χ2v) is 8.12. The van der Waals surface area contributed by atoms with Crippen LogP contribution in [0.15, 0.2) is 65.7 Å². The van der Waals surface area contributed by atoms with Crippen LogP contribution in [0.25, 0.3) is 0 Å². The van der Waals surface area contributed by atoms with E-state index in [1.54, 1.807) is 50.2 Å². The molecule has 154 valence electrons. The van der Waals surface area contributed by atoms with Gasteiger partial charge in [-0.05, 0) is 47.6 Å². The van der Waals surface area contributed by atoms with E-state index in [0.717, 1.165) is 6.08 Å². The van der Waals surface area contributed by atoms with Crippen molar-refractivity contribution < 1.29 is 27.8 Å². The third-order valence-corrected chi connectivity index (χ3v) is 6.02. The van der Waals surface area contributed by atoms with Crippen molar-refractivity contribution in [3.63, 3.8) is 0 Å². The van der Waals surface area contributed by atoms with Crippen LogP contribution in [0.4, 0.5) is 13.2 Å². The highest BCUT2D eigenvalue weighted by molar-refractivity contribution is 6.30. The largest absolute Gasteiger partial charge is 0.549 e. The predicted octanol–water partition coefficient (Wildman–Crippen LogP) is 5.10. The number of benzene rings is 2. The molecule has 0 N–H and O–H groups in total. The van der Waals surface area contributed by atoms with Gasteiger partial charge in [-0.1, -0.05) is 61.9 Å². The smallest absolute Gasteiger partial charge is 0.426 e. The summed E-state index contributed by atoms with van der Waals surface area (Å²) in [7, 11) is 0. The molecule has 2 atom stereocenters. The molecule has 2 aromatic rings. The van der Waals surface area contributed by atoms with Crippen LogP contribution in [-0.4, -0.2) is 12.1 Å². The number of rotatable bonds is 6. The van der Waals surface area contributed by atoms with E-state index in [0.29, 0.717) is 17.1 Å². The summed E-state index contributed by atoms with van der Waals surface area (Å²) in [6, 6.07) is 15.9. The Bertz CT molecular complexity index is 938. The lowest BCUT2D eigenvalue weighted by Crippen LogP contribution is -2.38. The number of alkyl halides is 3. The van der Waals surface area contributed by atoms with Crippen LogP contribution >= 0.6 is 11.6 Å². The molecule has 29 heavy (non-hydrogen) atoms. The molecular formula is C22H19ClF3O3-. The number of ether oxygens (including phenoxy) is 1. The van der Waals surface area contributed by atoms with E-state index in [-0.39, 0.29) is 6.42 Å². The van der Waals surface area contributed by atoms with Crippen LogP contribution in [0.1, 0.15) is 19.4 Å². The topological polar surface area (TPSA) is 49.4 Å². The molecule has 1 fully saturated rings. The highest BCUT2D eigenvalue weighted by Crippen LogP contribution is 2.71. The van der Waals surface area contributed by atoms with Crippen molar-refractivity contribution >= 4 is 17.6 Å². The van der Waals surface area contributed by atoms with Gasteiger partial charge in [-0.3, -0.25) is 0 Å². The molecule has 0 heterocycles. The first kappa shape index (κ1) is 21.2. The van der Waals surface area contributed by atoms with Gasteiger partial charge in [0.1, 0.15) is 16.5 Å². The zero-order valence-corrected chi connectivity index (χ0v) is 16.6. The van der Waals surface area contributed by atoms with Gasteiger partial charge in [0.15, 0.2) is 0 Å². The van der Waals surface area contributed by atoms with Crippen LogP contribution in [0, 0.1) is 16.7 Å². The monoisotopic (exact) mass is 423 g/mol.